The normalized spacial score (nSPS) is 15.3. The number of rotatable bonds is 10. The molecule has 2 nitrogen and oxygen atoms in total. The van der Waals surface area contributed by atoms with E-state index in [0.717, 1.165) is 30.6 Å². The van der Waals surface area contributed by atoms with Crippen LogP contribution in [0.4, 0.5) is 22.7 Å². The molecule has 0 saturated heterocycles. The van der Waals surface area contributed by atoms with Crippen molar-refractivity contribution in [2.24, 2.45) is 5.92 Å². The van der Waals surface area contributed by atoms with Crippen LogP contribution < -0.4 is 9.80 Å². The molecular formula is C58H52N2. The molecule has 0 aliphatic heterocycles. The molecule has 8 aromatic carbocycles. The zero-order valence-electron chi connectivity index (χ0n) is 35.1. The zero-order chi connectivity index (χ0) is 40.7. The summed E-state index contributed by atoms with van der Waals surface area (Å²) in [5, 5.41) is 7.67. The molecule has 0 N–H and O–H groups in total. The van der Waals surface area contributed by atoms with Gasteiger partial charge in [0.15, 0.2) is 0 Å². The summed E-state index contributed by atoms with van der Waals surface area (Å²) in [7, 11) is 0. The smallest absolute Gasteiger partial charge is 0.0560 e. The first-order chi connectivity index (χ1) is 29.4. The second-order valence-corrected chi connectivity index (χ2v) is 17.1. The Morgan fingerprint density at radius 1 is 0.500 bits per heavy atom. The lowest BCUT2D eigenvalue weighted by Crippen LogP contribution is -2.34. The van der Waals surface area contributed by atoms with E-state index in [2.05, 4.69) is 226 Å². The van der Waals surface area contributed by atoms with Crippen LogP contribution >= 0.6 is 0 Å². The first-order valence-electron chi connectivity index (χ1n) is 21.8. The molecule has 60 heavy (non-hydrogen) atoms. The van der Waals surface area contributed by atoms with Crippen LogP contribution in [0.3, 0.4) is 0 Å². The van der Waals surface area contributed by atoms with Crippen LogP contribution in [0, 0.1) is 5.92 Å². The van der Waals surface area contributed by atoms with Crippen LogP contribution in [-0.4, -0.2) is 6.04 Å². The molecule has 1 unspecified atom stereocenters. The third kappa shape index (κ3) is 6.71. The average Bonchev–Trinajstić information content (AvgIpc) is 3.30. The van der Waals surface area contributed by atoms with Crippen molar-refractivity contribution in [3.05, 3.63) is 205 Å². The predicted octanol–water partition coefficient (Wildman–Crippen LogP) is 16.5. The Morgan fingerprint density at radius 3 is 1.58 bits per heavy atom. The highest BCUT2D eigenvalue weighted by Gasteiger charge is 2.28. The van der Waals surface area contributed by atoms with Crippen molar-refractivity contribution >= 4 is 55.1 Å². The van der Waals surface area contributed by atoms with E-state index in [1.807, 2.05) is 0 Å². The Balaban J connectivity index is 1.32. The molecule has 2 aliphatic carbocycles. The van der Waals surface area contributed by atoms with Gasteiger partial charge in [-0.25, -0.2) is 0 Å². The van der Waals surface area contributed by atoms with Gasteiger partial charge in [0.1, 0.15) is 0 Å². The van der Waals surface area contributed by atoms with Gasteiger partial charge in [0.2, 0.25) is 0 Å². The lowest BCUT2D eigenvalue weighted by molar-refractivity contribution is 0.718. The van der Waals surface area contributed by atoms with Gasteiger partial charge in [0.25, 0.3) is 0 Å². The molecule has 1 atom stereocenters. The minimum Gasteiger partial charge on any atom is -0.334 e. The number of para-hydroxylation sites is 1. The molecule has 0 saturated carbocycles. The summed E-state index contributed by atoms with van der Waals surface area (Å²) in [6, 6.07) is 56.8. The third-order valence-electron chi connectivity index (χ3n) is 12.7. The maximum Gasteiger partial charge on any atom is 0.0560 e. The van der Waals surface area contributed by atoms with Crippen LogP contribution in [-0.2, 0) is 0 Å². The molecule has 294 valence electrons. The van der Waals surface area contributed by atoms with Crippen LogP contribution in [0.25, 0.3) is 54.6 Å². The summed E-state index contributed by atoms with van der Waals surface area (Å²) in [5.74, 6) is 0.952. The highest BCUT2D eigenvalue weighted by Crippen LogP contribution is 2.51. The van der Waals surface area contributed by atoms with Gasteiger partial charge >= 0.3 is 0 Å². The molecule has 0 radical (unpaired) electrons. The monoisotopic (exact) mass is 776 g/mol. The molecule has 10 rings (SSSR count). The molecule has 0 spiro atoms. The van der Waals surface area contributed by atoms with Gasteiger partial charge in [-0.05, 0) is 118 Å². The SMILES string of the molecule is CC(C)C1=CCC(N(C2=CCCC=C2)c2cc(-c3ccccc3)c3ccc4c(N(c5ccccc5)c5ccc(C(C)C)cc5)cc(-c5ccccc5)c5ccc2c3c54)C=C1. The highest BCUT2D eigenvalue weighted by molar-refractivity contribution is 6.32. The summed E-state index contributed by atoms with van der Waals surface area (Å²) in [4.78, 5) is 5.11. The van der Waals surface area contributed by atoms with Crippen LogP contribution in [0.2, 0.25) is 0 Å². The summed E-state index contributed by atoms with van der Waals surface area (Å²) < 4.78 is 0. The number of hydrogen-bond donors (Lipinski definition) is 0. The van der Waals surface area contributed by atoms with Crippen molar-refractivity contribution in [3.8, 4) is 22.3 Å². The molecule has 0 fully saturated rings. The second kappa shape index (κ2) is 15.8. The van der Waals surface area contributed by atoms with Crippen LogP contribution in [0.15, 0.2) is 199 Å². The van der Waals surface area contributed by atoms with Gasteiger partial charge in [-0.3, -0.25) is 0 Å². The van der Waals surface area contributed by atoms with Crippen molar-refractivity contribution < 1.29 is 0 Å². The zero-order valence-corrected chi connectivity index (χ0v) is 35.1. The summed E-state index contributed by atoms with van der Waals surface area (Å²) in [5.41, 5.74) is 13.7. The topological polar surface area (TPSA) is 6.48 Å². The lowest BCUT2D eigenvalue weighted by Gasteiger charge is -2.37. The highest BCUT2D eigenvalue weighted by atomic mass is 15.2. The molecular weight excluding hydrogens is 725 g/mol. The molecule has 2 aliphatic rings. The van der Waals surface area contributed by atoms with E-state index in [9.17, 15) is 0 Å². The van der Waals surface area contributed by atoms with Crippen molar-refractivity contribution in [3.63, 3.8) is 0 Å². The van der Waals surface area contributed by atoms with E-state index in [1.54, 1.807) is 0 Å². The van der Waals surface area contributed by atoms with E-state index >= 15 is 0 Å². The maximum absolute atomic E-state index is 2.64. The van der Waals surface area contributed by atoms with E-state index in [0.29, 0.717) is 11.8 Å². The number of allylic oxidation sites excluding steroid dienone is 5. The molecule has 0 bridgehead atoms. The predicted molar refractivity (Wildman–Crippen MR) is 259 cm³/mol. The minimum absolute atomic E-state index is 0.182. The molecule has 2 heteroatoms. The molecule has 0 heterocycles. The Bertz CT molecular complexity index is 2930. The largest absolute Gasteiger partial charge is 0.334 e. The van der Waals surface area contributed by atoms with Crippen molar-refractivity contribution in [1.82, 2.24) is 0 Å². The van der Waals surface area contributed by atoms with Gasteiger partial charge in [0, 0.05) is 38.6 Å². The summed E-state index contributed by atoms with van der Waals surface area (Å²) in [6.07, 6.45) is 17.5. The third-order valence-corrected chi connectivity index (χ3v) is 12.7. The number of hydrogen-bond acceptors (Lipinski definition) is 2. The van der Waals surface area contributed by atoms with Crippen LogP contribution in [0.1, 0.15) is 58.4 Å². The molecule has 0 aromatic heterocycles. The first kappa shape index (κ1) is 37.6. The minimum atomic E-state index is 0.182. The number of benzene rings is 8. The molecule has 8 aromatic rings. The van der Waals surface area contributed by atoms with Crippen LogP contribution in [0.5, 0.6) is 0 Å². The Labute approximate surface area is 355 Å². The van der Waals surface area contributed by atoms with E-state index in [1.165, 1.54) is 82.8 Å². The van der Waals surface area contributed by atoms with E-state index in [-0.39, 0.29) is 6.04 Å². The first-order valence-corrected chi connectivity index (χ1v) is 21.8. The van der Waals surface area contributed by atoms with E-state index in [4.69, 9.17) is 0 Å². The van der Waals surface area contributed by atoms with Gasteiger partial charge in [-0.2, -0.15) is 0 Å². The Morgan fingerprint density at radius 2 is 1.05 bits per heavy atom. The lowest BCUT2D eigenvalue weighted by atomic mass is 9.84. The van der Waals surface area contributed by atoms with Gasteiger partial charge in [-0.1, -0.05) is 173 Å². The fraction of sp³-hybridized carbons (Fsp3) is 0.172. The van der Waals surface area contributed by atoms with Crippen molar-refractivity contribution in [1.29, 1.82) is 0 Å². The van der Waals surface area contributed by atoms with Gasteiger partial charge in [-0.15, -0.1) is 0 Å². The fourth-order valence-electron chi connectivity index (χ4n) is 9.60. The van der Waals surface area contributed by atoms with Gasteiger partial charge < -0.3 is 9.80 Å². The van der Waals surface area contributed by atoms with E-state index < -0.39 is 0 Å². The number of anilines is 4. The summed E-state index contributed by atoms with van der Waals surface area (Å²) >= 11 is 0. The summed E-state index contributed by atoms with van der Waals surface area (Å²) in [6.45, 7) is 9.12. The standard InChI is InChI=1S/C58H52N2/c1-39(2)41-25-29-47(30-26-41)59(45-21-13-7-14-22-45)55-37-53(43-17-9-5-10-18-43)49-34-36-52-56(60(46-23-15-8-16-24-46)48-31-27-42(28-32-48)40(3)4)38-54(44-19-11-6-12-20-44)50-33-35-51(55)57(49)58(50)52/h5-7,9-15,17-31,33-40,48H,8,16,32H2,1-4H3. The van der Waals surface area contributed by atoms with Crippen molar-refractivity contribution in [2.75, 3.05) is 9.80 Å². The Kier molecular flexibility index (Phi) is 9.94. The fourth-order valence-corrected chi connectivity index (χ4v) is 9.60. The maximum atomic E-state index is 2.64. The number of nitrogens with zero attached hydrogens (tertiary/aromatic N) is 2. The quantitative estimate of drug-likeness (QED) is 0.128. The second-order valence-electron chi connectivity index (χ2n) is 17.1. The van der Waals surface area contributed by atoms with Gasteiger partial charge in [0.05, 0.1) is 17.4 Å². The average molecular weight is 777 g/mol. The van der Waals surface area contributed by atoms with Crippen molar-refractivity contribution in [2.45, 2.75) is 58.9 Å². The Hall–Kier alpha value is -6.64. The molecule has 0 amide bonds.